The Kier molecular flexibility index (Phi) is 11.9. The highest BCUT2D eigenvalue weighted by molar-refractivity contribution is 6.08. The van der Waals surface area contributed by atoms with Gasteiger partial charge in [-0.15, -0.1) is 6.42 Å². The third-order valence-corrected chi connectivity index (χ3v) is 11.3. The number of morpholine rings is 1. The minimum Gasteiger partial charge on any atom is -0.496 e. The van der Waals surface area contributed by atoms with Crippen LogP contribution in [0.2, 0.25) is 0 Å². The van der Waals surface area contributed by atoms with Crippen molar-refractivity contribution in [2.24, 2.45) is 7.05 Å². The Bertz CT molecular complexity index is 2360. The van der Waals surface area contributed by atoms with Gasteiger partial charge in [-0.05, 0) is 91.1 Å². The number of rotatable bonds is 11. The van der Waals surface area contributed by atoms with Gasteiger partial charge in [-0.1, -0.05) is 42.3 Å². The molecule has 0 unspecified atom stereocenters. The molecule has 300 valence electrons. The molecule has 0 N–H and O–H groups in total. The lowest BCUT2D eigenvalue weighted by Gasteiger charge is -2.40. The van der Waals surface area contributed by atoms with Crippen LogP contribution in [-0.2, 0) is 31.3 Å². The fourth-order valence-corrected chi connectivity index (χ4v) is 7.91. The van der Waals surface area contributed by atoms with Gasteiger partial charge < -0.3 is 28.6 Å². The highest BCUT2D eigenvalue weighted by Crippen LogP contribution is 2.37. The van der Waals surface area contributed by atoms with Crippen LogP contribution in [0.5, 0.6) is 11.5 Å². The van der Waals surface area contributed by atoms with Crippen molar-refractivity contribution in [3.63, 3.8) is 0 Å². The molecule has 7 rings (SSSR count). The van der Waals surface area contributed by atoms with Crippen LogP contribution < -0.4 is 14.4 Å². The molecule has 1 saturated heterocycles. The Morgan fingerprint density at radius 1 is 0.948 bits per heavy atom. The summed E-state index contributed by atoms with van der Waals surface area (Å²) in [6, 6.07) is 24.0. The third kappa shape index (κ3) is 8.19. The van der Waals surface area contributed by atoms with E-state index in [1.54, 1.807) is 65.8 Å². The van der Waals surface area contributed by atoms with Crippen molar-refractivity contribution in [1.82, 2.24) is 14.4 Å². The van der Waals surface area contributed by atoms with Crippen molar-refractivity contribution in [2.45, 2.75) is 46.0 Å². The highest BCUT2D eigenvalue weighted by atomic mass is 19.3. The molecule has 1 aromatic heterocycles. The fraction of sp³-hybridized carbons (Fsp3) is 0.304. The van der Waals surface area contributed by atoms with E-state index in [2.05, 4.69) is 21.6 Å². The molecular formula is C46H45F3N4O5. The SMILES string of the molecule is C#Cc1ccc(N(Cc2cccc(OC)c2C)C(=O)c2cc(-c3cc(F)c(OC(F)F)cc3C(=O)N3Cc4ccccc4C[C@H]3CN3CCOCC3)n(C)c2C)cc1. The number of anilines is 1. The number of carbonyl (C=O) groups is 2. The normalized spacial score (nSPS) is 15.5. The smallest absolute Gasteiger partial charge is 0.387 e. The summed E-state index contributed by atoms with van der Waals surface area (Å²) in [6.07, 6.45) is 6.21. The van der Waals surface area contributed by atoms with Gasteiger partial charge in [0.25, 0.3) is 11.8 Å². The summed E-state index contributed by atoms with van der Waals surface area (Å²) >= 11 is 0. The Balaban J connectivity index is 1.32. The Hall–Kier alpha value is -6.03. The summed E-state index contributed by atoms with van der Waals surface area (Å²) in [5.41, 5.74) is 6.31. The van der Waals surface area contributed by atoms with Crippen molar-refractivity contribution < 1.29 is 37.0 Å². The van der Waals surface area contributed by atoms with Crippen LogP contribution in [0.15, 0.2) is 84.9 Å². The van der Waals surface area contributed by atoms with Gasteiger partial charge in [0.1, 0.15) is 5.75 Å². The number of aromatic nitrogens is 1. The van der Waals surface area contributed by atoms with Crippen molar-refractivity contribution in [3.8, 4) is 35.1 Å². The summed E-state index contributed by atoms with van der Waals surface area (Å²) in [4.78, 5) is 35.4. The number of amides is 2. The minimum atomic E-state index is -3.32. The summed E-state index contributed by atoms with van der Waals surface area (Å²) in [6.45, 7) is 3.93. The number of carbonyl (C=O) groups excluding carboxylic acids is 2. The van der Waals surface area contributed by atoms with Gasteiger partial charge in [0.05, 0.1) is 38.0 Å². The first-order chi connectivity index (χ1) is 28.0. The monoisotopic (exact) mass is 790 g/mol. The molecule has 0 saturated carbocycles. The second kappa shape index (κ2) is 17.2. The number of benzene rings is 4. The predicted octanol–water partition coefficient (Wildman–Crippen LogP) is 7.79. The lowest BCUT2D eigenvalue weighted by Crippen LogP contribution is -2.52. The molecule has 1 atom stereocenters. The Labute approximate surface area is 336 Å². The molecule has 0 radical (unpaired) electrons. The Morgan fingerprint density at radius 3 is 2.36 bits per heavy atom. The first-order valence-electron chi connectivity index (χ1n) is 19.1. The van der Waals surface area contributed by atoms with Gasteiger partial charge >= 0.3 is 6.61 Å². The molecule has 2 amide bonds. The third-order valence-electron chi connectivity index (χ3n) is 11.3. The molecular weight excluding hydrogens is 746 g/mol. The van der Waals surface area contributed by atoms with Gasteiger partial charge in [0, 0.05) is 67.5 Å². The molecule has 9 nitrogen and oxygen atoms in total. The van der Waals surface area contributed by atoms with E-state index in [1.165, 1.54) is 0 Å². The molecule has 2 aliphatic rings. The maximum atomic E-state index is 15.8. The quantitative estimate of drug-likeness (QED) is 0.127. The highest BCUT2D eigenvalue weighted by Gasteiger charge is 2.35. The van der Waals surface area contributed by atoms with Crippen molar-refractivity contribution in [3.05, 3.63) is 135 Å². The number of terminal acetylenes is 1. The second-order valence-corrected chi connectivity index (χ2v) is 14.6. The molecule has 0 spiro atoms. The standard InChI is InChI=1S/C46H45F3N4O5/c1-6-31-14-16-35(17-15-31)52(26-33-12-9-13-42(56-5)29(33)2)44(54)37-24-41(50(4)30(37)3)38-23-40(47)43(58-46(48)49)25-39(38)45(55)53-27-34-11-8-7-10-32(34)22-36(53)28-51-18-20-57-21-19-51/h1,7-17,23-25,36,46H,18-22,26-28H2,2-5H3/t36-/m0/s1. The van der Waals surface area contributed by atoms with Gasteiger partial charge in [-0.2, -0.15) is 8.78 Å². The van der Waals surface area contributed by atoms with E-state index in [0.717, 1.165) is 34.4 Å². The maximum absolute atomic E-state index is 15.8. The second-order valence-electron chi connectivity index (χ2n) is 14.6. The van der Waals surface area contributed by atoms with Crippen molar-refractivity contribution in [2.75, 3.05) is 44.9 Å². The molecule has 12 heteroatoms. The minimum absolute atomic E-state index is 0.0308. The molecule has 4 aromatic carbocycles. The van der Waals surface area contributed by atoms with Gasteiger partial charge in [-0.25, -0.2) is 4.39 Å². The number of methoxy groups -OCH3 is 1. The van der Waals surface area contributed by atoms with Crippen LogP contribution in [-0.4, -0.2) is 78.8 Å². The number of halogens is 3. The number of hydrogen-bond donors (Lipinski definition) is 0. The maximum Gasteiger partial charge on any atom is 0.387 e. The first kappa shape index (κ1) is 40.2. The van der Waals surface area contributed by atoms with Crippen LogP contribution in [0, 0.1) is 32.0 Å². The fourth-order valence-electron chi connectivity index (χ4n) is 7.91. The zero-order valence-electron chi connectivity index (χ0n) is 32.9. The largest absolute Gasteiger partial charge is 0.496 e. The lowest BCUT2D eigenvalue weighted by molar-refractivity contribution is -0.0522. The summed E-state index contributed by atoms with van der Waals surface area (Å²) < 4.78 is 60.5. The summed E-state index contributed by atoms with van der Waals surface area (Å²) in [7, 11) is 3.30. The average molecular weight is 791 g/mol. The van der Waals surface area contributed by atoms with Crippen molar-refractivity contribution in [1.29, 1.82) is 0 Å². The number of alkyl halides is 2. The first-order valence-corrected chi connectivity index (χ1v) is 19.1. The van der Waals surface area contributed by atoms with E-state index >= 15 is 4.39 Å². The van der Waals surface area contributed by atoms with E-state index in [-0.39, 0.29) is 36.2 Å². The number of nitrogens with zero attached hydrogens (tertiary/aromatic N) is 4. The lowest BCUT2D eigenvalue weighted by atomic mass is 9.92. The summed E-state index contributed by atoms with van der Waals surface area (Å²) in [5.74, 6) is 0.625. The van der Waals surface area contributed by atoms with E-state index < -0.39 is 24.1 Å². The van der Waals surface area contributed by atoms with Gasteiger partial charge in [0.15, 0.2) is 11.6 Å². The van der Waals surface area contributed by atoms with E-state index in [1.807, 2.05) is 43.3 Å². The zero-order chi connectivity index (χ0) is 41.1. The van der Waals surface area contributed by atoms with Crippen molar-refractivity contribution >= 4 is 17.5 Å². The number of hydrogen-bond acceptors (Lipinski definition) is 6. The van der Waals surface area contributed by atoms with E-state index in [4.69, 9.17) is 15.9 Å². The average Bonchev–Trinajstić information content (AvgIpc) is 3.53. The molecule has 58 heavy (non-hydrogen) atoms. The van der Waals surface area contributed by atoms with Gasteiger partial charge in [0.2, 0.25) is 0 Å². The molecule has 2 aliphatic heterocycles. The molecule has 0 aliphatic carbocycles. The molecule has 0 bridgehead atoms. The molecule has 1 fully saturated rings. The Morgan fingerprint density at radius 2 is 1.67 bits per heavy atom. The molecule has 5 aromatic rings. The van der Waals surface area contributed by atoms with Crippen LogP contribution in [0.4, 0.5) is 18.9 Å². The topological polar surface area (TPSA) is 76.5 Å². The number of ether oxygens (including phenoxy) is 3. The van der Waals surface area contributed by atoms with Crippen LogP contribution in [0.25, 0.3) is 11.3 Å². The van der Waals surface area contributed by atoms with Crippen LogP contribution >= 0.6 is 0 Å². The number of fused-ring (bicyclic) bond motifs is 1. The molecule has 3 heterocycles. The summed E-state index contributed by atoms with van der Waals surface area (Å²) in [5, 5.41) is 0. The van der Waals surface area contributed by atoms with Gasteiger partial charge in [-0.3, -0.25) is 14.5 Å². The zero-order valence-corrected chi connectivity index (χ0v) is 32.9. The van der Waals surface area contributed by atoms with Crippen LogP contribution in [0.3, 0.4) is 0 Å². The van der Waals surface area contributed by atoms with E-state index in [0.29, 0.717) is 73.2 Å². The van der Waals surface area contributed by atoms with E-state index in [9.17, 15) is 18.4 Å². The predicted molar refractivity (Wildman–Crippen MR) is 216 cm³/mol. The van der Waals surface area contributed by atoms with Crippen LogP contribution in [0.1, 0.15) is 54.2 Å².